The monoisotopic (exact) mass is 389 g/mol. The number of imidazole rings is 1. The van der Waals surface area contributed by atoms with Gasteiger partial charge in [-0.15, -0.1) is 10.2 Å². The number of hydrogen-bond acceptors (Lipinski definition) is 6. The van der Waals surface area contributed by atoms with E-state index in [1.807, 2.05) is 28.6 Å². The van der Waals surface area contributed by atoms with Crippen LogP contribution in [0.1, 0.15) is 19.7 Å². The Bertz CT molecular complexity index is 1010. The van der Waals surface area contributed by atoms with E-state index < -0.39 is 4.92 Å². The third-order valence-corrected chi connectivity index (χ3v) is 4.88. The van der Waals surface area contributed by atoms with E-state index in [-0.39, 0.29) is 11.6 Å². The van der Waals surface area contributed by atoms with Crippen molar-refractivity contribution in [2.75, 3.05) is 0 Å². The van der Waals surface area contributed by atoms with Gasteiger partial charge in [0.15, 0.2) is 18.0 Å². The average molecular weight is 389 g/mol. The van der Waals surface area contributed by atoms with E-state index in [1.165, 1.54) is 17.0 Å². The lowest BCUT2D eigenvalue weighted by atomic mass is 10.2. The summed E-state index contributed by atoms with van der Waals surface area (Å²) in [4.78, 5) is 11.7. The van der Waals surface area contributed by atoms with Crippen molar-refractivity contribution in [1.82, 2.24) is 19.3 Å². The lowest BCUT2D eigenvalue weighted by Gasteiger charge is -2.22. The third-order valence-electron chi connectivity index (χ3n) is 4.36. The van der Waals surface area contributed by atoms with Crippen LogP contribution in [0.4, 0.5) is 5.69 Å². The van der Waals surface area contributed by atoms with Gasteiger partial charge < -0.3 is 13.9 Å². The van der Waals surface area contributed by atoms with Gasteiger partial charge in [-0.2, -0.15) is 0 Å². The first-order valence-electron chi connectivity index (χ1n) is 8.48. The average Bonchev–Trinajstić information content (AvgIpc) is 3.23. The minimum absolute atomic E-state index is 0.0138. The molecule has 1 N–H and O–H groups in total. The Morgan fingerprint density at radius 1 is 1.33 bits per heavy atom. The normalized spacial score (nSPS) is 12.4. The molecule has 27 heavy (non-hydrogen) atoms. The van der Waals surface area contributed by atoms with E-state index in [0.29, 0.717) is 30.7 Å². The highest BCUT2D eigenvalue weighted by molar-refractivity contribution is 7.71. The molecule has 2 heterocycles. The van der Waals surface area contributed by atoms with Gasteiger partial charge in [-0.05, 0) is 32.1 Å². The molecule has 0 aliphatic rings. The molecule has 142 valence electrons. The number of rotatable bonds is 7. The number of nitro benzene ring substituents is 1. The van der Waals surface area contributed by atoms with Crippen molar-refractivity contribution < 1.29 is 14.2 Å². The van der Waals surface area contributed by atoms with Gasteiger partial charge >= 0.3 is 0 Å². The topological polar surface area (TPSA) is 96.4 Å². The minimum Gasteiger partial charge on any atom is -0.415 e. The maximum absolute atomic E-state index is 10.9. The lowest BCUT2D eigenvalue weighted by Crippen LogP contribution is -3.13. The Hall–Kier alpha value is -2.85. The van der Waals surface area contributed by atoms with Crippen LogP contribution in [0.3, 0.4) is 0 Å². The van der Waals surface area contributed by atoms with Crippen molar-refractivity contribution in [3.05, 3.63) is 57.4 Å². The second kappa shape index (κ2) is 7.80. The number of aryl methyl sites for hydroxylation is 1. The molecule has 2 aromatic heterocycles. The number of aromatic nitrogens is 4. The molecule has 3 aromatic rings. The van der Waals surface area contributed by atoms with Crippen LogP contribution in [0.25, 0.3) is 11.5 Å². The molecule has 0 spiro atoms. The number of non-ortho nitro benzene ring substituents is 1. The van der Waals surface area contributed by atoms with E-state index in [1.54, 1.807) is 12.1 Å². The summed E-state index contributed by atoms with van der Waals surface area (Å²) in [7, 11) is 1.91. The molecular weight excluding hydrogens is 368 g/mol. The minimum atomic E-state index is -0.450. The molecule has 0 saturated heterocycles. The Morgan fingerprint density at radius 2 is 2.11 bits per heavy atom. The zero-order valence-electron chi connectivity index (χ0n) is 15.3. The highest BCUT2D eigenvalue weighted by atomic mass is 32.1. The SMILES string of the molecule is CC(C)[NH+](Cc1nnc(-c2cccc([N+](=O)[O-])c2)o1)Cn1ccn(C)c1=S. The number of nitrogens with zero attached hydrogens (tertiary/aromatic N) is 5. The Balaban J connectivity index is 1.78. The fourth-order valence-corrected chi connectivity index (χ4v) is 2.87. The summed E-state index contributed by atoms with van der Waals surface area (Å²) in [6.07, 6.45) is 3.88. The molecule has 1 aromatic carbocycles. The standard InChI is InChI=1S/C17H20N6O3S/c1-12(2)22(11-21-8-7-20(3)17(21)27)10-15-18-19-16(26-15)13-5-4-6-14(9-13)23(24)25/h4-9,12H,10-11H2,1-3H3/p+1. The summed E-state index contributed by atoms with van der Waals surface area (Å²) >= 11 is 5.40. The molecule has 1 unspecified atom stereocenters. The number of benzene rings is 1. The zero-order valence-corrected chi connectivity index (χ0v) is 16.1. The molecule has 9 nitrogen and oxygen atoms in total. The maximum atomic E-state index is 10.9. The maximum Gasteiger partial charge on any atom is 0.271 e. The molecule has 0 amide bonds. The first-order valence-corrected chi connectivity index (χ1v) is 8.89. The van der Waals surface area contributed by atoms with Crippen LogP contribution < -0.4 is 4.90 Å². The first-order chi connectivity index (χ1) is 12.8. The Kier molecular flexibility index (Phi) is 5.47. The molecule has 1 atom stereocenters. The number of nitrogens with one attached hydrogen (secondary N) is 1. The third kappa shape index (κ3) is 4.29. The predicted molar refractivity (Wildman–Crippen MR) is 100 cm³/mol. The van der Waals surface area contributed by atoms with Crippen LogP contribution >= 0.6 is 12.2 Å². The number of nitro groups is 1. The van der Waals surface area contributed by atoms with Crippen molar-refractivity contribution in [3.8, 4) is 11.5 Å². The van der Waals surface area contributed by atoms with Crippen LogP contribution in [-0.4, -0.2) is 30.3 Å². The van der Waals surface area contributed by atoms with Gasteiger partial charge in [0.25, 0.3) is 11.6 Å². The molecule has 3 rings (SSSR count). The molecule has 0 fully saturated rings. The largest absolute Gasteiger partial charge is 0.415 e. The van der Waals surface area contributed by atoms with Crippen LogP contribution in [0.15, 0.2) is 41.1 Å². The highest BCUT2D eigenvalue weighted by Gasteiger charge is 2.20. The molecule has 0 saturated carbocycles. The predicted octanol–water partition coefficient (Wildman–Crippen LogP) is 1.97. The smallest absolute Gasteiger partial charge is 0.271 e. The fourth-order valence-electron chi connectivity index (χ4n) is 2.68. The molecule has 10 heteroatoms. The summed E-state index contributed by atoms with van der Waals surface area (Å²) in [5, 5.41) is 19.1. The summed E-state index contributed by atoms with van der Waals surface area (Å²) < 4.78 is 10.4. The summed E-state index contributed by atoms with van der Waals surface area (Å²) in [5.74, 6) is 0.746. The van der Waals surface area contributed by atoms with Gasteiger partial charge in [0.2, 0.25) is 5.89 Å². The van der Waals surface area contributed by atoms with Crippen molar-refractivity contribution >= 4 is 17.9 Å². The summed E-state index contributed by atoms with van der Waals surface area (Å²) in [6, 6.07) is 6.46. The molecule has 0 aliphatic heterocycles. The van der Waals surface area contributed by atoms with E-state index in [4.69, 9.17) is 16.6 Å². The molecule has 0 radical (unpaired) electrons. The zero-order chi connectivity index (χ0) is 19.6. The van der Waals surface area contributed by atoms with Crippen molar-refractivity contribution in [3.63, 3.8) is 0 Å². The quantitative estimate of drug-likeness (QED) is 0.377. The molecular formula is C17H21N6O3S+. The van der Waals surface area contributed by atoms with Crippen LogP contribution in [-0.2, 0) is 20.3 Å². The van der Waals surface area contributed by atoms with Gasteiger partial charge in [0, 0.05) is 37.1 Å². The Morgan fingerprint density at radius 3 is 2.74 bits per heavy atom. The number of quaternary nitrogens is 1. The van der Waals surface area contributed by atoms with Gasteiger partial charge in [-0.25, -0.2) is 0 Å². The van der Waals surface area contributed by atoms with E-state index in [0.717, 1.165) is 4.77 Å². The lowest BCUT2D eigenvalue weighted by molar-refractivity contribution is -0.958. The summed E-state index contributed by atoms with van der Waals surface area (Å²) in [6.45, 7) is 5.42. The van der Waals surface area contributed by atoms with Gasteiger partial charge in [-0.1, -0.05) is 6.07 Å². The van der Waals surface area contributed by atoms with E-state index in [9.17, 15) is 10.1 Å². The van der Waals surface area contributed by atoms with Crippen molar-refractivity contribution in [1.29, 1.82) is 0 Å². The molecule has 0 aliphatic carbocycles. The first kappa shape index (κ1) is 18.9. The number of hydrogen-bond donors (Lipinski definition) is 1. The van der Waals surface area contributed by atoms with Crippen LogP contribution in [0.5, 0.6) is 0 Å². The highest BCUT2D eigenvalue weighted by Crippen LogP contribution is 2.22. The van der Waals surface area contributed by atoms with Crippen molar-refractivity contribution in [2.24, 2.45) is 7.05 Å². The van der Waals surface area contributed by atoms with Crippen LogP contribution in [0.2, 0.25) is 0 Å². The van der Waals surface area contributed by atoms with E-state index in [2.05, 4.69) is 24.0 Å². The molecule has 0 bridgehead atoms. The van der Waals surface area contributed by atoms with Gasteiger partial charge in [0.05, 0.1) is 11.0 Å². The second-order valence-corrected chi connectivity index (χ2v) is 6.98. The summed E-state index contributed by atoms with van der Waals surface area (Å²) in [5.41, 5.74) is 0.513. The van der Waals surface area contributed by atoms with Gasteiger partial charge in [0.1, 0.15) is 0 Å². The van der Waals surface area contributed by atoms with Gasteiger partial charge in [-0.3, -0.25) is 14.7 Å². The second-order valence-electron chi connectivity index (χ2n) is 6.62. The Labute approximate surface area is 161 Å². The van der Waals surface area contributed by atoms with Crippen LogP contribution in [0, 0.1) is 14.9 Å². The van der Waals surface area contributed by atoms with Crippen molar-refractivity contribution in [2.45, 2.75) is 33.1 Å². The van der Waals surface area contributed by atoms with E-state index >= 15 is 0 Å². The fraction of sp³-hybridized carbons (Fsp3) is 0.353.